The average Bonchev–Trinajstić information content (AvgIpc) is 3.85. The third-order valence-corrected chi connectivity index (χ3v) is 12.3. The minimum Gasteiger partial charge on any atom is -0.309 e. The zero-order valence-corrected chi connectivity index (χ0v) is 31.6. The first-order chi connectivity index (χ1) is 28.0. The molecule has 11 aromatic rings. The molecule has 1 aliphatic rings. The first-order valence-corrected chi connectivity index (χ1v) is 19.7. The number of hydrogen-bond donors (Lipinski definition) is 0. The lowest BCUT2D eigenvalue weighted by Crippen LogP contribution is -2.17. The van der Waals surface area contributed by atoms with E-state index in [0.717, 1.165) is 39.7 Å². The number of benzene rings is 8. The van der Waals surface area contributed by atoms with Crippen LogP contribution in [0.15, 0.2) is 182 Å². The van der Waals surface area contributed by atoms with Crippen LogP contribution in [0.5, 0.6) is 0 Å². The Kier molecular flexibility index (Phi) is 6.65. The molecule has 3 aromatic heterocycles. The third-order valence-electron chi connectivity index (χ3n) is 12.3. The molecule has 0 aliphatic heterocycles. The molecule has 0 fully saturated rings. The monoisotopic (exact) mass is 728 g/mol. The van der Waals surface area contributed by atoms with Gasteiger partial charge >= 0.3 is 0 Å². The summed E-state index contributed by atoms with van der Waals surface area (Å²) in [5.41, 5.74) is 14.4. The molecule has 1 aliphatic carbocycles. The maximum atomic E-state index is 5.52. The fourth-order valence-corrected chi connectivity index (χ4v) is 9.62. The molecule has 0 bridgehead atoms. The van der Waals surface area contributed by atoms with Gasteiger partial charge in [-0.1, -0.05) is 123 Å². The van der Waals surface area contributed by atoms with Gasteiger partial charge in [-0.05, 0) is 89.1 Å². The molecule has 0 N–H and O–H groups in total. The van der Waals surface area contributed by atoms with Gasteiger partial charge in [-0.15, -0.1) is 0 Å². The van der Waals surface area contributed by atoms with Crippen LogP contribution in [0.2, 0.25) is 0 Å². The SMILES string of the molecule is CC1(C)c2ccccc2-c2nc(-c3ccc(-n4c5ccccc5c5cc6ccccc6cc54)cc3)nc(-c3ccc4c(c3)c3ccccc3n4-c3ccccc3)c21. The van der Waals surface area contributed by atoms with E-state index in [1.165, 1.54) is 71.1 Å². The Bertz CT molecular complexity index is 3420. The largest absolute Gasteiger partial charge is 0.309 e. The Morgan fingerprint density at radius 1 is 0.404 bits per heavy atom. The van der Waals surface area contributed by atoms with E-state index in [2.05, 4.69) is 205 Å². The molecule has 3 heterocycles. The molecule has 0 saturated heterocycles. The van der Waals surface area contributed by atoms with Gasteiger partial charge < -0.3 is 9.13 Å². The molecule has 4 heteroatoms. The summed E-state index contributed by atoms with van der Waals surface area (Å²) in [6.07, 6.45) is 0. The molecule has 4 nitrogen and oxygen atoms in total. The van der Waals surface area contributed by atoms with Crippen LogP contribution in [0.4, 0.5) is 0 Å². The van der Waals surface area contributed by atoms with Gasteiger partial charge in [0.15, 0.2) is 5.82 Å². The molecule has 0 radical (unpaired) electrons. The van der Waals surface area contributed by atoms with Gasteiger partial charge in [-0.25, -0.2) is 9.97 Å². The zero-order valence-electron chi connectivity index (χ0n) is 31.6. The van der Waals surface area contributed by atoms with Crippen LogP contribution in [0.3, 0.4) is 0 Å². The first kappa shape index (κ1) is 32.0. The van der Waals surface area contributed by atoms with E-state index in [1.807, 2.05) is 0 Å². The average molecular weight is 729 g/mol. The molecule has 0 unspecified atom stereocenters. The predicted molar refractivity (Wildman–Crippen MR) is 237 cm³/mol. The quantitative estimate of drug-likeness (QED) is 0.181. The molecule has 8 aromatic carbocycles. The minimum absolute atomic E-state index is 0.280. The van der Waals surface area contributed by atoms with E-state index in [0.29, 0.717) is 0 Å². The summed E-state index contributed by atoms with van der Waals surface area (Å²) < 4.78 is 4.75. The van der Waals surface area contributed by atoms with Crippen molar-refractivity contribution in [2.75, 3.05) is 0 Å². The summed E-state index contributed by atoms with van der Waals surface area (Å²) in [6, 6.07) is 65.7. The third kappa shape index (κ3) is 4.62. The standard InChI is InChI=1S/C53H36N4/c1-53(2)44-21-11-8-20-41(44)51-49(53)50(36-26-29-47-42(31-36)39-18-9-12-22-45(39)56(47)37-16-4-3-5-17-37)54-52(55-51)33-24-27-38(28-25-33)57-46-23-13-10-19-40(46)43-30-34-14-6-7-15-35(34)32-48(43)57/h3-32H,1-2H3. The van der Waals surface area contributed by atoms with Gasteiger partial charge in [-0.2, -0.15) is 0 Å². The predicted octanol–water partition coefficient (Wildman–Crippen LogP) is 13.5. The van der Waals surface area contributed by atoms with Crippen LogP contribution < -0.4 is 0 Å². The van der Waals surface area contributed by atoms with Gasteiger partial charge in [0.1, 0.15) is 0 Å². The maximum absolute atomic E-state index is 5.52. The normalized spacial score (nSPS) is 13.2. The lowest BCUT2D eigenvalue weighted by Gasteiger charge is -2.24. The Hall–Kier alpha value is -7.30. The molecule has 57 heavy (non-hydrogen) atoms. The highest BCUT2D eigenvalue weighted by molar-refractivity contribution is 6.14. The van der Waals surface area contributed by atoms with Crippen molar-refractivity contribution in [1.82, 2.24) is 19.1 Å². The van der Waals surface area contributed by atoms with E-state index in [4.69, 9.17) is 9.97 Å². The van der Waals surface area contributed by atoms with E-state index >= 15 is 0 Å². The lowest BCUT2D eigenvalue weighted by molar-refractivity contribution is 0.658. The topological polar surface area (TPSA) is 35.6 Å². The molecule has 0 amide bonds. The molecular formula is C53H36N4. The maximum Gasteiger partial charge on any atom is 0.160 e. The van der Waals surface area contributed by atoms with Crippen molar-refractivity contribution in [2.45, 2.75) is 19.3 Å². The number of rotatable bonds is 4. The Morgan fingerprint density at radius 2 is 0.947 bits per heavy atom. The Labute approximate surface area is 329 Å². The lowest BCUT2D eigenvalue weighted by atomic mass is 9.80. The van der Waals surface area contributed by atoms with Crippen molar-refractivity contribution in [3.8, 4) is 45.3 Å². The van der Waals surface area contributed by atoms with Crippen molar-refractivity contribution in [1.29, 1.82) is 0 Å². The van der Waals surface area contributed by atoms with Crippen LogP contribution in [-0.2, 0) is 5.41 Å². The van der Waals surface area contributed by atoms with Crippen LogP contribution in [0.25, 0.3) is 99.7 Å². The van der Waals surface area contributed by atoms with Gasteiger partial charge in [0.05, 0.1) is 33.5 Å². The molecular weight excluding hydrogens is 693 g/mol. The van der Waals surface area contributed by atoms with Crippen molar-refractivity contribution in [3.05, 3.63) is 193 Å². The number of hydrogen-bond acceptors (Lipinski definition) is 2. The Morgan fingerprint density at radius 3 is 1.70 bits per heavy atom. The summed E-state index contributed by atoms with van der Waals surface area (Å²) in [6.45, 7) is 4.63. The molecule has 12 rings (SSSR count). The summed E-state index contributed by atoms with van der Waals surface area (Å²) in [7, 11) is 0. The summed E-state index contributed by atoms with van der Waals surface area (Å²) in [5, 5.41) is 7.41. The van der Waals surface area contributed by atoms with Crippen LogP contribution >= 0.6 is 0 Å². The summed E-state index contributed by atoms with van der Waals surface area (Å²) in [5.74, 6) is 0.725. The first-order valence-electron chi connectivity index (χ1n) is 19.7. The van der Waals surface area contributed by atoms with Gasteiger partial charge in [0, 0.05) is 60.6 Å². The van der Waals surface area contributed by atoms with Crippen LogP contribution in [0.1, 0.15) is 25.0 Å². The van der Waals surface area contributed by atoms with E-state index in [-0.39, 0.29) is 5.41 Å². The molecule has 268 valence electrons. The van der Waals surface area contributed by atoms with Crippen LogP contribution in [-0.4, -0.2) is 19.1 Å². The number of aromatic nitrogens is 4. The number of para-hydroxylation sites is 3. The Balaban J connectivity index is 1.05. The molecule has 0 spiro atoms. The van der Waals surface area contributed by atoms with Crippen molar-refractivity contribution in [2.24, 2.45) is 0 Å². The van der Waals surface area contributed by atoms with Crippen molar-refractivity contribution >= 4 is 54.4 Å². The fourth-order valence-electron chi connectivity index (χ4n) is 9.62. The van der Waals surface area contributed by atoms with Gasteiger partial charge in [0.25, 0.3) is 0 Å². The fraction of sp³-hybridized carbons (Fsp3) is 0.0566. The molecule has 0 saturated carbocycles. The summed E-state index contributed by atoms with van der Waals surface area (Å²) in [4.78, 5) is 10.9. The van der Waals surface area contributed by atoms with E-state index in [9.17, 15) is 0 Å². The smallest absolute Gasteiger partial charge is 0.160 e. The number of fused-ring (bicyclic) bond motifs is 10. The second-order valence-corrected chi connectivity index (χ2v) is 15.8. The second-order valence-electron chi connectivity index (χ2n) is 15.8. The highest BCUT2D eigenvalue weighted by Gasteiger charge is 2.40. The highest BCUT2D eigenvalue weighted by Crippen LogP contribution is 2.52. The molecule has 0 atom stereocenters. The summed E-state index contributed by atoms with van der Waals surface area (Å²) >= 11 is 0. The van der Waals surface area contributed by atoms with E-state index in [1.54, 1.807) is 0 Å². The van der Waals surface area contributed by atoms with E-state index < -0.39 is 0 Å². The van der Waals surface area contributed by atoms with Crippen molar-refractivity contribution < 1.29 is 0 Å². The highest BCUT2D eigenvalue weighted by atomic mass is 15.0. The van der Waals surface area contributed by atoms with Crippen molar-refractivity contribution in [3.63, 3.8) is 0 Å². The minimum atomic E-state index is -0.280. The zero-order chi connectivity index (χ0) is 37.8. The number of nitrogens with zero attached hydrogens (tertiary/aromatic N) is 4. The van der Waals surface area contributed by atoms with Crippen LogP contribution in [0, 0.1) is 0 Å². The van der Waals surface area contributed by atoms with Gasteiger partial charge in [0.2, 0.25) is 0 Å². The second kappa shape index (κ2) is 11.8. The van der Waals surface area contributed by atoms with Gasteiger partial charge in [-0.3, -0.25) is 0 Å².